The van der Waals surface area contributed by atoms with Gasteiger partial charge >= 0.3 is 5.97 Å². The molecule has 0 unspecified atom stereocenters. The summed E-state index contributed by atoms with van der Waals surface area (Å²) < 4.78 is 4.75. The zero-order valence-electron chi connectivity index (χ0n) is 17.2. The van der Waals surface area contributed by atoms with Gasteiger partial charge in [-0.2, -0.15) is 15.8 Å². The first kappa shape index (κ1) is 21.2. The highest BCUT2D eigenvalue weighted by Crippen LogP contribution is 2.52. The molecular weight excluding hydrogens is 378 g/mol. The minimum Gasteiger partial charge on any atom is -0.465 e. The van der Waals surface area contributed by atoms with Crippen molar-refractivity contribution < 1.29 is 9.53 Å². The predicted molar refractivity (Wildman–Crippen MR) is 109 cm³/mol. The average Bonchev–Trinajstić information content (AvgIpc) is 2.78. The van der Waals surface area contributed by atoms with Crippen LogP contribution in [0.25, 0.3) is 0 Å². The van der Waals surface area contributed by atoms with Crippen molar-refractivity contribution in [3.8, 4) is 18.2 Å². The fourth-order valence-corrected chi connectivity index (χ4v) is 4.56. The van der Waals surface area contributed by atoms with Crippen molar-refractivity contribution in [2.75, 3.05) is 20.2 Å². The zero-order valence-corrected chi connectivity index (χ0v) is 17.2. The lowest BCUT2D eigenvalue weighted by molar-refractivity contribution is 0.0600. The molecule has 1 saturated carbocycles. The Kier molecular flexibility index (Phi) is 5.74. The Morgan fingerprint density at radius 2 is 1.87 bits per heavy atom. The largest absolute Gasteiger partial charge is 0.465 e. The second kappa shape index (κ2) is 8.11. The number of esters is 1. The lowest BCUT2D eigenvalue weighted by Crippen LogP contribution is -2.53. The summed E-state index contributed by atoms with van der Waals surface area (Å²) in [5, 5.41) is 38.4. The van der Waals surface area contributed by atoms with Crippen LogP contribution in [0.15, 0.2) is 35.9 Å². The van der Waals surface area contributed by atoms with Gasteiger partial charge in [-0.1, -0.05) is 18.2 Å². The molecule has 1 aromatic carbocycles. The highest BCUT2D eigenvalue weighted by Gasteiger charge is 2.56. The van der Waals surface area contributed by atoms with Gasteiger partial charge in [0.2, 0.25) is 5.41 Å². The SMILES string of the molecule is COC(=O)c1ccc([C@@H]2[C@H](C#N)C(=N)C(C#N)(C#N)C3=CCN(C(C)C)C[C@@H]32)cc1. The van der Waals surface area contributed by atoms with Gasteiger partial charge < -0.3 is 10.1 Å². The van der Waals surface area contributed by atoms with Crippen LogP contribution in [0.2, 0.25) is 0 Å². The fraction of sp³-hybridized carbons (Fsp3) is 0.435. The molecule has 7 nitrogen and oxygen atoms in total. The Morgan fingerprint density at radius 3 is 2.37 bits per heavy atom. The zero-order chi connectivity index (χ0) is 22.1. The number of rotatable bonds is 3. The Balaban J connectivity index is 2.16. The maximum atomic E-state index is 11.8. The second-order valence-electron chi connectivity index (χ2n) is 7.95. The van der Waals surface area contributed by atoms with E-state index in [-0.39, 0.29) is 17.7 Å². The molecule has 3 atom stereocenters. The van der Waals surface area contributed by atoms with Crippen LogP contribution in [0.4, 0.5) is 0 Å². The van der Waals surface area contributed by atoms with E-state index < -0.39 is 23.2 Å². The van der Waals surface area contributed by atoms with Crippen LogP contribution in [-0.4, -0.2) is 42.8 Å². The molecule has 7 heteroatoms. The van der Waals surface area contributed by atoms with Crippen LogP contribution in [0.1, 0.15) is 35.7 Å². The third kappa shape index (κ3) is 3.16. The lowest BCUT2D eigenvalue weighted by atomic mass is 9.55. The normalized spacial score (nSPS) is 25.3. The summed E-state index contributed by atoms with van der Waals surface area (Å²) in [5.74, 6) is -2.02. The minimum absolute atomic E-state index is 0.169. The Bertz CT molecular complexity index is 1010. The second-order valence-corrected chi connectivity index (χ2v) is 7.95. The molecule has 1 N–H and O–H groups in total. The van der Waals surface area contributed by atoms with E-state index in [1.54, 1.807) is 24.3 Å². The number of hydrogen-bond acceptors (Lipinski definition) is 7. The fourth-order valence-electron chi connectivity index (χ4n) is 4.56. The van der Waals surface area contributed by atoms with E-state index >= 15 is 0 Å². The average molecular weight is 401 g/mol. The number of hydrogen-bond donors (Lipinski definition) is 1. The number of methoxy groups -OCH3 is 1. The molecule has 0 saturated heterocycles. The van der Waals surface area contributed by atoms with E-state index in [1.165, 1.54) is 7.11 Å². The van der Waals surface area contributed by atoms with Crippen molar-refractivity contribution in [3.05, 3.63) is 47.0 Å². The molecule has 30 heavy (non-hydrogen) atoms. The van der Waals surface area contributed by atoms with Gasteiger partial charge in [-0.05, 0) is 37.1 Å². The molecule has 1 heterocycles. The van der Waals surface area contributed by atoms with Crippen LogP contribution < -0.4 is 0 Å². The molecule has 3 rings (SSSR count). The highest BCUT2D eigenvalue weighted by molar-refractivity contribution is 6.01. The molecule has 1 aliphatic carbocycles. The molecule has 1 fully saturated rings. The van der Waals surface area contributed by atoms with Crippen LogP contribution in [0.5, 0.6) is 0 Å². The first-order valence-electron chi connectivity index (χ1n) is 9.78. The maximum Gasteiger partial charge on any atom is 0.337 e. The molecule has 2 aliphatic rings. The monoisotopic (exact) mass is 401 g/mol. The number of nitrogens with zero attached hydrogens (tertiary/aromatic N) is 4. The van der Waals surface area contributed by atoms with Gasteiger partial charge in [0.1, 0.15) is 0 Å². The maximum absolute atomic E-state index is 11.8. The molecule has 152 valence electrons. The number of carbonyl (C=O) groups excluding carboxylic acids is 1. The van der Waals surface area contributed by atoms with Crippen molar-refractivity contribution in [1.29, 1.82) is 21.2 Å². The predicted octanol–water partition coefficient (Wildman–Crippen LogP) is 3.03. The van der Waals surface area contributed by atoms with Crippen LogP contribution >= 0.6 is 0 Å². The van der Waals surface area contributed by atoms with E-state index in [2.05, 4.69) is 24.8 Å². The molecule has 0 bridgehead atoms. The number of fused-ring (bicyclic) bond motifs is 1. The molecule has 0 spiro atoms. The topological polar surface area (TPSA) is 125 Å². The Morgan fingerprint density at radius 1 is 1.23 bits per heavy atom. The van der Waals surface area contributed by atoms with E-state index in [0.29, 0.717) is 24.2 Å². The lowest BCUT2D eigenvalue weighted by Gasteiger charge is -2.48. The smallest absolute Gasteiger partial charge is 0.337 e. The highest BCUT2D eigenvalue weighted by atomic mass is 16.5. The van der Waals surface area contributed by atoms with Crippen molar-refractivity contribution in [3.63, 3.8) is 0 Å². The number of nitrogens with one attached hydrogen (secondary N) is 1. The third-order valence-electron chi connectivity index (χ3n) is 6.24. The number of ether oxygens (including phenoxy) is 1. The standard InChI is InChI=1S/C23H23N5O2/c1-14(2)28-9-8-19-18(11-28)20(15-4-6-16(7-5-15)22(29)30-3)17(10-24)21(27)23(19,12-25)13-26/h4-8,14,17-18,20,27H,9,11H2,1-3H3/t17-,18-,20+/m0/s1. The minimum atomic E-state index is -1.71. The summed E-state index contributed by atoms with van der Waals surface area (Å²) in [6.45, 7) is 5.33. The van der Waals surface area contributed by atoms with Crippen molar-refractivity contribution in [2.45, 2.75) is 25.8 Å². The van der Waals surface area contributed by atoms with Gasteiger partial charge in [-0.3, -0.25) is 4.90 Å². The van der Waals surface area contributed by atoms with Crippen LogP contribution in [-0.2, 0) is 4.74 Å². The van der Waals surface area contributed by atoms with Gasteiger partial charge in [-0.25, -0.2) is 4.79 Å². The van der Waals surface area contributed by atoms with Crippen molar-refractivity contribution in [1.82, 2.24) is 4.90 Å². The molecule has 1 aromatic rings. The summed E-state index contributed by atoms with van der Waals surface area (Å²) in [5.41, 5.74) is -0.0750. The third-order valence-corrected chi connectivity index (χ3v) is 6.24. The van der Waals surface area contributed by atoms with E-state index in [9.17, 15) is 20.6 Å². The molecular formula is C23H23N5O2. The summed E-state index contributed by atoms with van der Waals surface area (Å²) in [7, 11) is 1.31. The number of carbonyl (C=O) groups is 1. The first-order chi connectivity index (χ1) is 14.3. The summed E-state index contributed by atoms with van der Waals surface area (Å²) >= 11 is 0. The summed E-state index contributed by atoms with van der Waals surface area (Å²) in [6, 6.07) is 13.4. The number of nitriles is 3. The van der Waals surface area contributed by atoms with Crippen molar-refractivity contribution >= 4 is 11.7 Å². The van der Waals surface area contributed by atoms with Crippen LogP contribution in [0, 0.1) is 56.7 Å². The molecule has 0 aromatic heterocycles. The van der Waals surface area contributed by atoms with Crippen LogP contribution in [0.3, 0.4) is 0 Å². The Labute approximate surface area is 176 Å². The first-order valence-corrected chi connectivity index (χ1v) is 9.78. The summed E-state index contributed by atoms with van der Waals surface area (Å²) in [6.07, 6.45) is 1.89. The summed E-state index contributed by atoms with van der Waals surface area (Å²) in [4.78, 5) is 14.0. The van der Waals surface area contributed by atoms with Gasteiger partial charge in [0.25, 0.3) is 0 Å². The van der Waals surface area contributed by atoms with Gasteiger partial charge in [0.05, 0.1) is 42.5 Å². The van der Waals surface area contributed by atoms with Gasteiger partial charge in [0, 0.05) is 31.0 Å². The van der Waals surface area contributed by atoms with Gasteiger partial charge in [-0.15, -0.1) is 0 Å². The molecule has 0 amide bonds. The molecule has 1 aliphatic heterocycles. The van der Waals surface area contributed by atoms with E-state index in [4.69, 9.17) is 10.1 Å². The quantitative estimate of drug-likeness (QED) is 0.613. The number of benzene rings is 1. The van der Waals surface area contributed by atoms with E-state index in [0.717, 1.165) is 5.56 Å². The molecule has 0 radical (unpaired) electrons. The van der Waals surface area contributed by atoms with Crippen molar-refractivity contribution in [2.24, 2.45) is 17.3 Å². The van der Waals surface area contributed by atoms with Gasteiger partial charge in [0.15, 0.2) is 0 Å². The van der Waals surface area contributed by atoms with E-state index in [1.807, 2.05) is 18.2 Å². The Hall–Kier alpha value is -3.47.